The topological polar surface area (TPSA) is 96.2 Å². The number of carbonyl (C=O) groups is 2. The van der Waals surface area contributed by atoms with Gasteiger partial charge in [0.15, 0.2) is 0 Å². The molecule has 1 aliphatic heterocycles. The molecule has 2 aromatic rings. The summed E-state index contributed by atoms with van der Waals surface area (Å²) in [5, 5.41) is 11.0. The monoisotopic (exact) mass is 729 g/mol. The van der Waals surface area contributed by atoms with E-state index in [2.05, 4.69) is 84.4 Å². The van der Waals surface area contributed by atoms with Gasteiger partial charge in [-0.3, -0.25) is 9.59 Å². The van der Waals surface area contributed by atoms with Gasteiger partial charge in [0.1, 0.15) is 0 Å². The molecule has 11 fully saturated rings. The third-order valence-electron chi connectivity index (χ3n) is 17.9. The summed E-state index contributed by atoms with van der Waals surface area (Å²) in [5.41, 5.74) is 10.4. The maximum Gasteiger partial charge on any atom is 0.226 e. The summed E-state index contributed by atoms with van der Waals surface area (Å²) in [7, 11) is 0. The van der Waals surface area contributed by atoms with Crippen LogP contribution in [0.5, 0.6) is 0 Å². The summed E-state index contributed by atoms with van der Waals surface area (Å²) >= 11 is 0. The van der Waals surface area contributed by atoms with E-state index in [-0.39, 0.29) is 50.0 Å². The highest BCUT2D eigenvalue weighted by molar-refractivity contribution is 5.85. The molecule has 288 valence electrons. The molecule has 0 radical (unpaired) electrons. The van der Waals surface area contributed by atoms with Gasteiger partial charge in [0.05, 0.1) is 10.8 Å². The van der Waals surface area contributed by atoms with Crippen molar-refractivity contribution < 1.29 is 9.59 Å². The van der Waals surface area contributed by atoms with Gasteiger partial charge < -0.3 is 21.7 Å². The van der Waals surface area contributed by atoms with Crippen LogP contribution in [-0.2, 0) is 25.8 Å². The van der Waals surface area contributed by atoms with Crippen LogP contribution >= 0.6 is 0 Å². The molecule has 10 saturated carbocycles. The molecule has 0 spiro atoms. The smallest absolute Gasteiger partial charge is 0.226 e. The number of carbonyl (C=O) groups excluding carboxylic acids is 2. The van der Waals surface area contributed by atoms with Crippen molar-refractivity contribution in [1.29, 1.82) is 0 Å². The largest absolute Gasteiger partial charge is 0.353 e. The molecule has 6 nitrogen and oxygen atoms in total. The van der Waals surface area contributed by atoms with Gasteiger partial charge in [-0.15, -0.1) is 0 Å². The highest BCUT2D eigenvalue weighted by atomic mass is 16.2. The number of benzene rings is 2. The molecule has 6 heteroatoms. The van der Waals surface area contributed by atoms with E-state index in [1.165, 1.54) is 48.8 Å². The van der Waals surface area contributed by atoms with Crippen LogP contribution < -0.4 is 21.7 Å². The van der Waals surface area contributed by atoms with E-state index in [1.807, 2.05) is 0 Å². The fraction of sp³-hybridized carbons (Fsp3) is 0.708. The van der Waals surface area contributed by atoms with Crippen molar-refractivity contribution in [2.75, 3.05) is 6.54 Å². The van der Waals surface area contributed by atoms with Gasteiger partial charge in [0.2, 0.25) is 11.8 Å². The van der Waals surface area contributed by atoms with E-state index in [1.54, 1.807) is 0 Å². The third-order valence-corrected chi connectivity index (χ3v) is 17.9. The first kappa shape index (κ1) is 34.5. The van der Waals surface area contributed by atoms with Crippen LogP contribution in [0.1, 0.15) is 146 Å². The minimum atomic E-state index is -0.361. The predicted molar refractivity (Wildman–Crippen MR) is 213 cm³/mol. The van der Waals surface area contributed by atoms with Crippen LogP contribution in [-0.4, -0.2) is 42.5 Å². The Bertz CT molecular complexity index is 1860. The number of nitrogens with two attached hydrogens (primary N) is 1. The van der Waals surface area contributed by atoms with Crippen LogP contribution in [0.4, 0.5) is 0 Å². The second-order valence-corrected chi connectivity index (χ2v) is 22.6. The van der Waals surface area contributed by atoms with Crippen molar-refractivity contribution in [1.82, 2.24) is 16.0 Å². The maximum atomic E-state index is 14.8. The Labute approximate surface area is 323 Å². The molecule has 10 aliphatic carbocycles. The van der Waals surface area contributed by atoms with Gasteiger partial charge in [-0.1, -0.05) is 68.4 Å². The average Bonchev–Trinajstić information content (AvgIpc) is 3.75. The van der Waals surface area contributed by atoms with E-state index in [4.69, 9.17) is 5.73 Å². The Morgan fingerprint density at radius 2 is 1.22 bits per heavy atom. The van der Waals surface area contributed by atoms with Crippen LogP contribution in [0.15, 0.2) is 54.6 Å². The van der Waals surface area contributed by atoms with Crippen LogP contribution in [0.3, 0.4) is 0 Å². The highest BCUT2D eigenvalue weighted by Gasteiger charge is 2.70. The summed E-state index contributed by atoms with van der Waals surface area (Å²) in [6.45, 7) is 6.15. The fourth-order valence-corrected chi connectivity index (χ4v) is 17.4. The lowest BCUT2D eigenvalue weighted by Crippen LogP contribution is -2.67. The molecule has 54 heavy (non-hydrogen) atoms. The molecule has 1 heterocycles. The van der Waals surface area contributed by atoms with E-state index < -0.39 is 0 Å². The lowest BCUT2D eigenvalue weighted by molar-refractivity contribution is -0.166. The zero-order valence-electron chi connectivity index (χ0n) is 33.0. The lowest BCUT2D eigenvalue weighted by Gasteiger charge is -2.70. The van der Waals surface area contributed by atoms with E-state index in [0.29, 0.717) is 29.8 Å². The molecule has 13 rings (SSSR count). The molecule has 5 N–H and O–H groups in total. The SMILES string of the molecule is C[C@]12CC3CC(C(=O)NC4CC5CNC4C5)(C1)C[C@@](c1ccc(C45CC6(C(=O)NC7CCC(N)CC7)C[C@](C)(C4)C[C@@](c4ccccc4)(C6)C5)cc1)(C3)C2. The first-order chi connectivity index (χ1) is 25.8. The molecular formula is C48H64N4O2. The van der Waals surface area contributed by atoms with Gasteiger partial charge in [-0.2, -0.15) is 0 Å². The molecule has 1 saturated heterocycles. The Morgan fingerprint density at radius 1 is 0.611 bits per heavy atom. The summed E-state index contributed by atoms with van der Waals surface area (Å²) < 4.78 is 0. The molecule has 10 bridgehead atoms. The van der Waals surface area contributed by atoms with E-state index in [0.717, 1.165) is 95.9 Å². The Morgan fingerprint density at radius 3 is 1.87 bits per heavy atom. The third kappa shape index (κ3) is 5.16. The molecule has 7 unspecified atom stereocenters. The summed E-state index contributed by atoms with van der Waals surface area (Å²) in [4.78, 5) is 29.3. The fourth-order valence-electron chi connectivity index (χ4n) is 17.4. The standard InChI is InChI=1S/C48H64N4O2/c1-42-18-32-19-44(22-42,27-45(20-32,23-42)40(53)52-39-17-31-16-38(39)50-21-31)34-8-10-35(11-9-34)47-25-43(2)24-46(28-47,33-6-4-3-5-7-33)29-48(26-43,30-47)41(54)51-37-14-12-36(49)13-15-37/h3-11,31-32,36-39,50H,12-30,49H2,1-2H3,(H,51,54)(H,52,53)/t31?,32?,36?,37?,38?,39?,42-,43+,44-,45?,46+,47?,48?/m1/s1. The number of nitrogens with one attached hydrogen (secondary N) is 3. The number of fused-ring (bicyclic) bond motifs is 2. The van der Waals surface area contributed by atoms with Gasteiger partial charge in [0.25, 0.3) is 0 Å². The quantitative estimate of drug-likeness (QED) is 0.235. The van der Waals surface area contributed by atoms with Gasteiger partial charge in [-0.25, -0.2) is 0 Å². The normalized spacial score (nSPS) is 49.3. The average molecular weight is 729 g/mol. The highest BCUT2D eigenvalue weighted by Crippen LogP contribution is 2.75. The summed E-state index contributed by atoms with van der Waals surface area (Å²) in [6, 6.07) is 22.6. The molecule has 2 aromatic carbocycles. The van der Waals surface area contributed by atoms with Crippen molar-refractivity contribution in [3.05, 3.63) is 71.3 Å². The zero-order valence-corrected chi connectivity index (χ0v) is 33.0. The first-order valence-corrected chi connectivity index (χ1v) is 22.1. The van der Waals surface area contributed by atoms with Gasteiger partial charge >= 0.3 is 0 Å². The van der Waals surface area contributed by atoms with Crippen molar-refractivity contribution in [2.24, 2.45) is 39.2 Å². The Hall–Kier alpha value is -2.70. The second-order valence-electron chi connectivity index (χ2n) is 22.6. The summed E-state index contributed by atoms with van der Waals surface area (Å²) in [5.74, 6) is 2.05. The van der Waals surface area contributed by atoms with Crippen LogP contribution in [0.25, 0.3) is 0 Å². The Kier molecular flexibility index (Phi) is 7.33. The minimum Gasteiger partial charge on any atom is -0.353 e. The first-order valence-electron chi connectivity index (χ1n) is 22.1. The van der Waals surface area contributed by atoms with Crippen LogP contribution in [0, 0.1) is 33.5 Å². The second kappa shape index (κ2) is 11.5. The molecular weight excluding hydrogens is 665 g/mol. The predicted octanol–water partition coefficient (Wildman–Crippen LogP) is 7.72. The molecule has 11 aliphatic rings. The van der Waals surface area contributed by atoms with Gasteiger partial charge in [0, 0.05) is 24.2 Å². The molecule has 0 aromatic heterocycles. The number of hydrogen-bond donors (Lipinski definition) is 4. The van der Waals surface area contributed by atoms with Gasteiger partial charge in [-0.05, 0) is 178 Å². The number of hydrogen-bond acceptors (Lipinski definition) is 4. The van der Waals surface area contributed by atoms with Crippen molar-refractivity contribution in [2.45, 2.75) is 170 Å². The lowest BCUT2D eigenvalue weighted by atomic mass is 9.33. The number of rotatable bonds is 7. The van der Waals surface area contributed by atoms with E-state index >= 15 is 0 Å². The number of piperidine rings is 1. The Balaban J connectivity index is 0.922. The number of amides is 2. The van der Waals surface area contributed by atoms with Crippen molar-refractivity contribution >= 4 is 11.8 Å². The molecule has 2 amide bonds. The zero-order chi connectivity index (χ0) is 36.8. The minimum absolute atomic E-state index is 0.00170. The maximum absolute atomic E-state index is 14.8. The summed E-state index contributed by atoms with van der Waals surface area (Å²) in [6.07, 6.45) is 19.6. The van der Waals surface area contributed by atoms with Crippen LogP contribution in [0.2, 0.25) is 0 Å². The molecule has 11 atom stereocenters. The van der Waals surface area contributed by atoms with Crippen molar-refractivity contribution in [3.63, 3.8) is 0 Å². The van der Waals surface area contributed by atoms with E-state index in [9.17, 15) is 9.59 Å². The van der Waals surface area contributed by atoms with Crippen molar-refractivity contribution in [3.8, 4) is 0 Å².